The molecule has 22 heavy (non-hydrogen) atoms. The van der Waals surface area contributed by atoms with E-state index < -0.39 is 0 Å². The largest absolute Gasteiger partial charge is 0.350 e. The zero-order valence-corrected chi connectivity index (χ0v) is 12.5. The SMILES string of the molecule is O=C(Cn1nccc1C1CCCNC1)NCc1cccnc1. The zero-order chi connectivity index (χ0) is 15.2. The van der Waals surface area contributed by atoms with Crippen molar-refractivity contribution in [3.8, 4) is 0 Å². The first-order valence-electron chi connectivity index (χ1n) is 7.71. The van der Waals surface area contributed by atoms with Gasteiger partial charge in [-0.3, -0.25) is 14.5 Å². The van der Waals surface area contributed by atoms with E-state index in [-0.39, 0.29) is 12.5 Å². The Morgan fingerprint density at radius 1 is 1.41 bits per heavy atom. The van der Waals surface area contributed by atoms with E-state index in [1.807, 2.05) is 22.9 Å². The molecule has 0 saturated carbocycles. The van der Waals surface area contributed by atoms with Crippen molar-refractivity contribution in [3.05, 3.63) is 48.0 Å². The maximum Gasteiger partial charge on any atom is 0.242 e. The van der Waals surface area contributed by atoms with Crippen LogP contribution in [0.25, 0.3) is 0 Å². The topological polar surface area (TPSA) is 71.8 Å². The number of rotatable bonds is 5. The summed E-state index contributed by atoms with van der Waals surface area (Å²) in [5.74, 6) is 0.417. The van der Waals surface area contributed by atoms with Crippen LogP contribution in [0.3, 0.4) is 0 Å². The molecule has 1 atom stereocenters. The first-order valence-corrected chi connectivity index (χ1v) is 7.71. The van der Waals surface area contributed by atoms with Crippen molar-refractivity contribution < 1.29 is 4.79 Å². The van der Waals surface area contributed by atoms with Gasteiger partial charge in [0, 0.05) is 43.3 Å². The standard InChI is InChI=1S/C16H21N5O/c22-16(19-10-13-3-1-6-17-9-13)12-21-15(5-8-20-21)14-4-2-7-18-11-14/h1,3,5-6,8-9,14,18H,2,4,7,10-12H2,(H,19,22). The number of nitrogens with zero attached hydrogens (tertiary/aromatic N) is 3. The lowest BCUT2D eigenvalue weighted by molar-refractivity contribution is -0.122. The fraction of sp³-hybridized carbons (Fsp3) is 0.438. The Labute approximate surface area is 129 Å². The summed E-state index contributed by atoms with van der Waals surface area (Å²) in [4.78, 5) is 16.1. The smallest absolute Gasteiger partial charge is 0.242 e. The minimum Gasteiger partial charge on any atom is -0.350 e. The average molecular weight is 299 g/mol. The average Bonchev–Trinajstić information content (AvgIpc) is 3.03. The van der Waals surface area contributed by atoms with Crippen LogP contribution in [0.15, 0.2) is 36.8 Å². The van der Waals surface area contributed by atoms with Crippen LogP contribution in [0.5, 0.6) is 0 Å². The Bertz CT molecular complexity index is 604. The highest BCUT2D eigenvalue weighted by atomic mass is 16.2. The van der Waals surface area contributed by atoms with Gasteiger partial charge in [0.05, 0.1) is 0 Å². The quantitative estimate of drug-likeness (QED) is 0.866. The normalized spacial score (nSPS) is 18.1. The molecule has 116 valence electrons. The Morgan fingerprint density at radius 2 is 2.36 bits per heavy atom. The van der Waals surface area contributed by atoms with Crippen molar-refractivity contribution in [2.75, 3.05) is 13.1 Å². The minimum atomic E-state index is -0.0300. The van der Waals surface area contributed by atoms with Crippen LogP contribution >= 0.6 is 0 Å². The van der Waals surface area contributed by atoms with Gasteiger partial charge in [-0.2, -0.15) is 5.10 Å². The van der Waals surface area contributed by atoms with Crippen LogP contribution in [0.1, 0.15) is 30.0 Å². The third-order valence-corrected chi connectivity index (χ3v) is 3.97. The number of hydrogen-bond acceptors (Lipinski definition) is 4. The van der Waals surface area contributed by atoms with Gasteiger partial charge in [-0.1, -0.05) is 6.07 Å². The van der Waals surface area contributed by atoms with Gasteiger partial charge >= 0.3 is 0 Å². The third kappa shape index (κ3) is 3.71. The lowest BCUT2D eigenvalue weighted by Gasteiger charge is -2.23. The number of piperidine rings is 1. The number of pyridine rings is 1. The summed E-state index contributed by atoms with van der Waals surface area (Å²) in [6.07, 6.45) is 7.57. The highest BCUT2D eigenvalue weighted by Crippen LogP contribution is 2.22. The summed E-state index contributed by atoms with van der Waals surface area (Å²) in [6.45, 7) is 2.80. The van der Waals surface area contributed by atoms with E-state index >= 15 is 0 Å². The second-order valence-electron chi connectivity index (χ2n) is 5.60. The first kappa shape index (κ1) is 14.7. The van der Waals surface area contributed by atoms with Crippen molar-refractivity contribution in [1.29, 1.82) is 0 Å². The molecule has 1 amide bonds. The molecule has 1 aliphatic heterocycles. The summed E-state index contributed by atoms with van der Waals surface area (Å²) in [5.41, 5.74) is 2.14. The van der Waals surface area contributed by atoms with Crippen molar-refractivity contribution in [2.45, 2.75) is 31.8 Å². The molecular weight excluding hydrogens is 278 g/mol. The van der Waals surface area contributed by atoms with Crippen molar-refractivity contribution in [1.82, 2.24) is 25.4 Å². The molecule has 6 heteroatoms. The molecule has 6 nitrogen and oxygen atoms in total. The minimum absolute atomic E-state index is 0.0300. The lowest BCUT2D eigenvalue weighted by atomic mass is 9.96. The van der Waals surface area contributed by atoms with Gasteiger partial charge in [0.25, 0.3) is 0 Å². The van der Waals surface area contributed by atoms with E-state index in [4.69, 9.17) is 0 Å². The summed E-state index contributed by atoms with van der Waals surface area (Å²) in [7, 11) is 0. The molecule has 1 aliphatic rings. The van der Waals surface area contributed by atoms with Gasteiger partial charge in [-0.25, -0.2) is 0 Å². The van der Waals surface area contributed by atoms with E-state index in [2.05, 4.69) is 20.7 Å². The molecule has 0 aromatic carbocycles. The van der Waals surface area contributed by atoms with Crippen LogP contribution in [0, 0.1) is 0 Å². The van der Waals surface area contributed by atoms with E-state index in [1.165, 1.54) is 6.42 Å². The summed E-state index contributed by atoms with van der Waals surface area (Å²) in [5, 5.41) is 10.6. The molecule has 1 saturated heterocycles. The van der Waals surface area contributed by atoms with Crippen LogP contribution in [-0.2, 0) is 17.9 Å². The van der Waals surface area contributed by atoms with E-state index in [0.717, 1.165) is 30.8 Å². The second kappa shape index (κ2) is 7.17. The predicted molar refractivity (Wildman–Crippen MR) is 83.2 cm³/mol. The highest BCUT2D eigenvalue weighted by molar-refractivity contribution is 5.75. The fourth-order valence-corrected chi connectivity index (χ4v) is 2.82. The van der Waals surface area contributed by atoms with Gasteiger partial charge in [-0.15, -0.1) is 0 Å². The summed E-state index contributed by atoms with van der Waals surface area (Å²) < 4.78 is 1.82. The molecule has 0 spiro atoms. The van der Waals surface area contributed by atoms with Crippen LogP contribution in [-0.4, -0.2) is 33.8 Å². The number of nitrogens with one attached hydrogen (secondary N) is 2. The molecule has 0 radical (unpaired) electrons. The number of carbonyl (C=O) groups excluding carboxylic acids is 1. The van der Waals surface area contributed by atoms with Gasteiger partial charge in [0.1, 0.15) is 6.54 Å². The number of carbonyl (C=O) groups is 1. The Hall–Kier alpha value is -2.21. The molecule has 3 rings (SSSR count). The molecule has 1 unspecified atom stereocenters. The number of hydrogen-bond donors (Lipinski definition) is 2. The predicted octanol–water partition coefficient (Wildman–Crippen LogP) is 1.06. The van der Waals surface area contributed by atoms with Crippen LogP contribution in [0.4, 0.5) is 0 Å². The highest BCUT2D eigenvalue weighted by Gasteiger charge is 2.19. The van der Waals surface area contributed by atoms with E-state index in [1.54, 1.807) is 18.6 Å². The summed E-state index contributed by atoms with van der Waals surface area (Å²) >= 11 is 0. The molecule has 1 fully saturated rings. The number of aromatic nitrogens is 3. The first-order chi connectivity index (χ1) is 10.8. The Morgan fingerprint density at radius 3 is 3.14 bits per heavy atom. The van der Waals surface area contributed by atoms with Crippen molar-refractivity contribution in [2.24, 2.45) is 0 Å². The van der Waals surface area contributed by atoms with Gasteiger partial charge in [0.2, 0.25) is 5.91 Å². The Kier molecular flexibility index (Phi) is 4.80. The fourth-order valence-electron chi connectivity index (χ4n) is 2.82. The monoisotopic (exact) mass is 299 g/mol. The third-order valence-electron chi connectivity index (χ3n) is 3.97. The van der Waals surface area contributed by atoms with Crippen molar-refractivity contribution in [3.63, 3.8) is 0 Å². The molecule has 0 aliphatic carbocycles. The number of amides is 1. The maximum atomic E-state index is 12.1. The van der Waals surface area contributed by atoms with Gasteiger partial charge in [-0.05, 0) is 37.1 Å². The molecule has 0 bridgehead atoms. The molecule has 2 aromatic heterocycles. The second-order valence-corrected chi connectivity index (χ2v) is 5.60. The van der Waals surface area contributed by atoms with Crippen LogP contribution < -0.4 is 10.6 Å². The Balaban J connectivity index is 1.56. The lowest BCUT2D eigenvalue weighted by Crippen LogP contribution is -2.32. The van der Waals surface area contributed by atoms with Crippen LogP contribution in [0.2, 0.25) is 0 Å². The van der Waals surface area contributed by atoms with Gasteiger partial charge < -0.3 is 10.6 Å². The summed E-state index contributed by atoms with van der Waals surface area (Å²) in [6, 6.07) is 5.83. The van der Waals surface area contributed by atoms with E-state index in [9.17, 15) is 4.79 Å². The molecule has 2 N–H and O–H groups in total. The van der Waals surface area contributed by atoms with E-state index in [0.29, 0.717) is 12.5 Å². The molecule has 2 aromatic rings. The maximum absolute atomic E-state index is 12.1. The molecular formula is C16H21N5O. The zero-order valence-electron chi connectivity index (χ0n) is 12.5. The van der Waals surface area contributed by atoms with Crippen molar-refractivity contribution >= 4 is 5.91 Å². The molecule has 3 heterocycles. The van der Waals surface area contributed by atoms with Gasteiger partial charge in [0.15, 0.2) is 0 Å².